The molecule has 0 aromatic heterocycles. The molecule has 2 rings (SSSR count). The fourth-order valence-electron chi connectivity index (χ4n) is 2.72. The van der Waals surface area contributed by atoms with E-state index in [1.807, 2.05) is 30.3 Å². The van der Waals surface area contributed by atoms with Gasteiger partial charge in [0, 0.05) is 18.5 Å². The van der Waals surface area contributed by atoms with Crippen LogP contribution in [0.15, 0.2) is 30.3 Å². The van der Waals surface area contributed by atoms with Gasteiger partial charge in [-0.15, -0.1) is 4.72 Å². The van der Waals surface area contributed by atoms with Crippen LogP contribution in [0.4, 0.5) is 0 Å². The molecule has 1 unspecified atom stereocenters. The first-order valence-corrected chi connectivity index (χ1v) is 9.25. The number of hydrogen-bond acceptors (Lipinski definition) is 5. The first-order chi connectivity index (χ1) is 11.2. The highest BCUT2D eigenvalue weighted by atomic mass is 32.2. The number of hydrogen-bond donors (Lipinski definition) is 1. The van der Waals surface area contributed by atoms with Crippen molar-refractivity contribution < 1.29 is 18.8 Å². The zero-order valence-corrected chi connectivity index (χ0v) is 14.3. The van der Waals surface area contributed by atoms with Crippen molar-refractivity contribution in [3.05, 3.63) is 35.9 Å². The van der Waals surface area contributed by atoms with Crippen molar-refractivity contribution in [3.8, 4) is 0 Å². The fourth-order valence-corrected chi connectivity index (χ4v) is 3.94. The summed E-state index contributed by atoms with van der Waals surface area (Å²) >= 11 is -1.05. The van der Waals surface area contributed by atoms with Crippen molar-refractivity contribution in [1.82, 2.24) is 4.72 Å². The van der Waals surface area contributed by atoms with Crippen LogP contribution in [0, 0.1) is 5.92 Å². The Kier molecular flexibility index (Phi) is 7.88. The topological polar surface area (TPSA) is 70.6 Å². The number of benzene rings is 1. The maximum Gasteiger partial charge on any atom is 0.309 e. The summed E-state index contributed by atoms with van der Waals surface area (Å²) in [6.07, 6.45) is 3.07. The van der Waals surface area contributed by atoms with Gasteiger partial charge in [0.05, 0.1) is 19.1 Å². The number of carbonyl (C=O) groups is 1. The average molecular weight is 339 g/mol. The minimum absolute atomic E-state index is 0.0639. The summed E-state index contributed by atoms with van der Waals surface area (Å²) in [6.45, 7) is 1.46. The number of esters is 1. The molecule has 1 aliphatic rings. The molecule has 1 aliphatic carbocycles. The second-order valence-corrected chi connectivity index (χ2v) is 7.30. The molecule has 0 aliphatic heterocycles. The number of nitrogens with one attached hydrogen (secondary N) is 1. The van der Waals surface area contributed by atoms with Gasteiger partial charge in [-0.1, -0.05) is 30.3 Å². The average Bonchev–Trinajstić information content (AvgIpc) is 2.61. The molecule has 5 nitrogen and oxygen atoms in total. The van der Waals surface area contributed by atoms with E-state index in [4.69, 9.17) is 9.47 Å². The van der Waals surface area contributed by atoms with Crippen molar-refractivity contribution in [3.63, 3.8) is 0 Å². The minimum atomic E-state index is -1.05. The van der Waals surface area contributed by atoms with E-state index in [1.165, 1.54) is 0 Å². The van der Waals surface area contributed by atoms with Crippen LogP contribution < -0.4 is 4.72 Å². The van der Waals surface area contributed by atoms with E-state index in [0.29, 0.717) is 19.8 Å². The molecule has 23 heavy (non-hydrogen) atoms. The highest BCUT2D eigenvalue weighted by Crippen LogP contribution is 2.29. The Morgan fingerprint density at radius 2 is 1.96 bits per heavy atom. The Balaban J connectivity index is 1.68. The van der Waals surface area contributed by atoms with Crippen molar-refractivity contribution in [2.45, 2.75) is 37.5 Å². The Labute approximate surface area is 141 Å². The van der Waals surface area contributed by atoms with Crippen LogP contribution in [0.1, 0.15) is 31.2 Å². The van der Waals surface area contributed by atoms with Crippen LogP contribution in [0.25, 0.3) is 0 Å². The van der Waals surface area contributed by atoms with E-state index in [1.54, 1.807) is 7.11 Å². The molecule has 0 radical (unpaired) electrons. The Bertz CT molecular complexity index is 463. The van der Waals surface area contributed by atoms with Gasteiger partial charge in [-0.05, 0) is 31.2 Å². The van der Waals surface area contributed by atoms with Crippen LogP contribution >= 0.6 is 0 Å². The van der Waals surface area contributed by atoms with E-state index in [-0.39, 0.29) is 17.1 Å². The van der Waals surface area contributed by atoms with Gasteiger partial charge in [-0.2, -0.15) is 0 Å². The lowest BCUT2D eigenvalue weighted by Gasteiger charge is -2.28. The van der Waals surface area contributed by atoms with Crippen LogP contribution in [0.5, 0.6) is 0 Å². The van der Waals surface area contributed by atoms with Crippen LogP contribution in [-0.4, -0.2) is 36.0 Å². The molecule has 6 heteroatoms. The Morgan fingerprint density at radius 1 is 1.26 bits per heavy atom. The molecule has 1 aromatic carbocycles. The predicted molar refractivity (Wildman–Crippen MR) is 90.0 cm³/mol. The highest BCUT2D eigenvalue weighted by molar-refractivity contribution is 7.90. The van der Waals surface area contributed by atoms with Crippen LogP contribution in [-0.2, 0) is 32.2 Å². The van der Waals surface area contributed by atoms with Gasteiger partial charge < -0.3 is 14.0 Å². The molecule has 0 heterocycles. The van der Waals surface area contributed by atoms with Gasteiger partial charge in [-0.25, -0.2) is 0 Å². The number of ether oxygens (including phenoxy) is 2. The van der Waals surface area contributed by atoms with Crippen LogP contribution in [0.3, 0.4) is 0 Å². The summed E-state index contributed by atoms with van der Waals surface area (Å²) in [5.41, 5.74) is 0.998. The van der Waals surface area contributed by atoms with Gasteiger partial charge in [0.2, 0.25) is 0 Å². The maximum absolute atomic E-state index is 12.1. The predicted octanol–water partition coefficient (Wildman–Crippen LogP) is 2.19. The summed E-state index contributed by atoms with van der Waals surface area (Å²) in [4.78, 5) is 12.1. The standard InChI is InChI=1S/C17H25NO4S/c1-21-12-11-18-23(20)16-9-7-15(8-10-16)17(19)22-13-14-5-3-2-4-6-14/h2-6,15-16,18H,7-13H2,1H3. The molecule has 0 saturated heterocycles. The van der Waals surface area contributed by atoms with Gasteiger partial charge in [0.1, 0.15) is 11.9 Å². The van der Waals surface area contributed by atoms with Gasteiger partial charge in [0.15, 0.2) is 0 Å². The molecule has 1 saturated carbocycles. The van der Waals surface area contributed by atoms with Crippen molar-refractivity contribution in [2.75, 3.05) is 20.3 Å². The van der Waals surface area contributed by atoms with E-state index >= 15 is 0 Å². The third kappa shape index (κ3) is 6.14. The smallest absolute Gasteiger partial charge is 0.309 e. The van der Waals surface area contributed by atoms with Crippen molar-refractivity contribution in [2.24, 2.45) is 5.92 Å². The van der Waals surface area contributed by atoms with Gasteiger partial charge in [-0.3, -0.25) is 4.79 Å². The Hall–Kier alpha value is -1.08. The first kappa shape index (κ1) is 18.3. The summed E-state index contributed by atoms with van der Waals surface area (Å²) < 4.78 is 25.4. The summed E-state index contributed by atoms with van der Waals surface area (Å²) in [5, 5.41) is 0.116. The van der Waals surface area contributed by atoms with E-state index in [2.05, 4.69) is 4.72 Å². The van der Waals surface area contributed by atoms with E-state index in [9.17, 15) is 9.35 Å². The van der Waals surface area contributed by atoms with E-state index in [0.717, 1.165) is 31.2 Å². The van der Waals surface area contributed by atoms with E-state index < -0.39 is 11.4 Å². The molecule has 0 spiro atoms. The second-order valence-electron chi connectivity index (χ2n) is 5.75. The largest absolute Gasteiger partial charge is 0.598 e. The third-order valence-electron chi connectivity index (χ3n) is 4.08. The molecule has 128 valence electrons. The maximum atomic E-state index is 12.1. The normalized spacial score (nSPS) is 22.5. The molecule has 1 atom stereocenters. The number of carbonyl (C=O) groups excluding carboxylic acids is 1. The van der Waals surface area contributed by atoms with Gasteiger partial charge in [0.25, 0.3) is 0 Å². The lowest BCUT2D eigenvalue weighted by molar-refractivity contribution is -0.151. The van der Waals surface area contributed by atoms with Crippen molar-refractivity contribution >= 4 is 17.3 Å². The third-order valence-corrected chi connectivity index (χ3v) is 5.65. The second kappa shape index (κ2) is 9.93. The van der Waals surface area contributed by atoms with Crippen LogP contribution in [0.2, 0.25) is 0 Å². The van der Waals surface area contributed by atoms with Crippen molar-refractivity contribution in [1.29, 1.82) is 0 Å². The molecular formula is C17H25NO4S. The first-order valence-electron chi connectivity index (χ1n) is 8.04. The minimum Gasteiger partial charge on any atom is -0.598 e. The SMILES string of the molecule is COCCN[S+]([O-])C1CCC(C(=O)OCc2ccccc2)CC1. The molecular weight excluding hydrogens is 314 g/mol. The lowest BCUT2D eigenvalue weighted by Crippen LogP contribution is -2.39. The number of rotatable bonds is 8. The zero-order valence-electron chi connectivity index (χ0n) is 13.5. The molecule has 1 aromatic rings. The quantitative estimate of drug-likeness (QED) is 0.447. The Morgan fingerprint density at radius 3 is 2.61 bits per heavy atom. The summed E-state index contributed by atoms with van der Waals surface area (Å²) in [7, 11) is 1.62. The molecule has 0 bridgehead atoms. The highest BCUT2D eigenvalue weighted by Gasteiger charge is 2.33. The summed E-state index contributed by atoms with van der Waals surface area (Å²) in [6, 6.07) is 9.69. The molecule has 1 N–H and O–H groups in total. The monoisotopic (exact) mass is 339 g/mol. The lowest BCUT2D eigenvalue weighted by atomic mass is 9.89. The molecule has 1 fully saturated rings. The van der Waals surface area contributed by atoms with Gasteiger partial charge >= 0.3 is 5.97 Å². The summed E-state index contributed by atoms with van der Waals surface area (Å²) in [5.74, 6) is -0.198. The fraction of sp³-hybridized carbons (Fsp3) is 0.588. The zero-order chi connectivity index (χ0) is 16.5. The number of methoxy groups -OCH3 is 1. The molecule has 0 amide bonds.